The van der Waals surface area contributed by atoms with E-state index in [0.717, 1.165) is 0 Å². The first kappa shape index (κ1) is 29.3. The number of carboxylic acid groups (broad SMARTS) is 1. The van der Waals surface area contributed by atoms with Gasteiger partial charge in [0.25, 0.3) is 0 Å². The number of unbranched alkanes of at least 4 members (excludes halogenated alkanes) is 1. The fourth-order valence-electron chi connectivity index (χ4n) is 3.47. The number of imidazole rings is 1. The Morgan fingerprint density at radius 1 is 0.973 bits per heavy atom. The lowest BCUT2D eigenvalue weighted by Gasteiger charge is -2.25. The van der Waals surface area contributed by atoms with Crippen LogP contribution in [0, 0.1) is 0 Å². The Hall–Kier alpha value is -3.97. The molecule has 37 heavy (non-hydrogen) atoms. The molecule has 0 saturated carbocycles. The summed E-state index contributed by atoms with van der Waals surface area (Å²) in [5.74, 6) is -3.12. The minimum atomic E-state index is -1.24. The van der Waals surface area contributed by atoms with Crippen LogP contribution in [0.25, 0.3) is 0 Å². The number of aliphatic carboxylic acids is 1. The van der Waals surface area contributed by atoms with Crippen LogP contribution in [-0.2, 0) is 32.0 Å². The third kappa shape index (κ3) is 9.89. The van der Waals surface area contributed by atoms with E-state index in [9.17, 15) is 24.3 Å². The Kier molecular flexibility index (Phi) is 11.5. The second kappa shape index (κ2) is 14.6. The van der Waals surface area contributed by atoms with E-state index < -0.39 is 47.9 Å². The van der Waals surface area contributed by atoms with Crippen molar-refractivity contribution in [3.05, 3.63) is 48.0 Å². The topological polar surface area (TPSA) is 226 Å². The van der Waals surface area contributed by atoms with Crippen molar-refractivity contribution in [3.8, 4) is 5.75 Å². The van der Waals surface area contributed by atoms with Gasteiger partial charge in [-0.1, -0.05) is 18.6 Å². The Morgan fingerprint density at radius 3 is 2.19 bits per heavy atom. The molecule has 2 rings (SSSR count). The van der Waals surface area contributed by atoms with Gasteiger partial charge in [-0.3, -0.25) is 19.2 Å². The number of nitrogens with zero attached hydrogens (tertiary/aromatic N) is 1. The highest BCUT2D eigenvalue weighted by Crippen LogP contribution is 2.12. The van der Waals surface area contributed by atoms with Crippen LogP contribution < -0.4 is 27.4 Å². The van der Waals surface area contributed by atoms with Crippen LogP contribution >= 0.6 is 0 Å². The third-order valence-electron chi connectivity index (χ3n) is 5.66. The number of nitrogens with one attached hydrogen (secondary N) is 4. The smallest absolute Gasteiger partial charge is 0.325 e. The molecule has 0 spiro atoms. The predicted octanol–water partition coefficient (Wildman–Crippen LogP) is -1.08. The molecule has 0 fully saturated rings. The minimum Gasteiger partial charge on any atom is -0.508 e. The van der Waals surface area contributed by atoms with Crippen molar-refractivity contribution >= 4 is 23.7 Å². The summed E-state index contributed by atoms with van der Waals surface area (Å²) in [7, 11) is 0. The molecule has 4 unspecified atom stereocenters. The summed E-state index contributed by atoms with van der Waals surface area (Å²) < 4.78 is 0. The van der Waals surface area contributed by atoms with Crippen LogP contribution in [0.3, 0.4) is 0 Å². The number of rotatable bonds is 15. The monoisotopic (exact) mass is 517 g/mol. The Morgan fingerprint density at radius 2 is 1.59 bits per heavy atom. The van der Waals surface area contributed by atoms with Gasteiger partial charge in [-0.05, 0) is 44.0 Å². The van der Waals surface area contributed by atoms with Crippen molar-refractivity contribution in [2.24, 2.45) is 11.5 Å². The molecule has 0 bridgehead atoms. The van der Waals surface area contributed by atoms with Gasteiger partial charge in [0.15, 0.2) is 0 Å². The van der Waals surface area contributed by atoms with Gasteiger partial charge in [0, 0.05) is 24.7 Å². The van der Waals surface area contributed by atoms with Crippen molar-refractivity contribution in [2.75, 3.05) is 6.54 Å². The number of benzene rings is 1. The van der Waals surface area contributed by atoms with E-state index in [2.05, 4.69) is 25.9 Å². The van der Waals surface area contributed by atoms with E-state index in [1.54, 1.807) is 12.1 Å². The molecule has 4 atom stereocenters. The number of aromatic amines is 1. The van der Waals surface area contributed by atoms with Crippen LogP contribution in [0.2, 0.25) is 0 Å². The molecule has 0 saturated heterocycles. The Bertz CT molecular complexity index is 1030. The number of carbonyl (C=O) groups is 4. The average Bonchev–Trinajstić information content (AvgIpc) is 3.37. The van der Waals surface area contributed by atoms with Crippen LogP contribution in [0.5, 0.6) is 5.75 Å². The van der Waals surface area contributed by atoms with E-state index in [-0.39, 0.29) is 18.6 Å². The molecule has 3 amide bonds. The van der Waals surface area contributed by atoms with Crippen molar-refractivity contribution in [2.45, 2.75) is 63.2 Å². The maximum absolute atomic E-state index is 13.3. The SMILES string of the molecule is CC(NC(=O)C(Cc1cnc[nH]1)NC(=O)C(Cc1ccc(O)cc1)NC(=O)C(N)CCCCN)C(=O)O. The molecule has 10 N–H and O–H groups in total. The fourth-order valence-corrected chi connectivity index (χ4v) is 3.47. The molecule has 1 aromatic heterocycles. The molecular weight excluding hydrogens is 482 g/mol. The molecular formula is C24H35N7O6. The van der Waals surface area contributed by atoms with Gasteiger partial charge >= 0.3 is 5.97 Å². The normalized spacial score (nSPS) is 14.1. The maximum Gasteiger partial charge on any atom is 0.325 e. The summed E-state index contributed by atoms with van der Waals surface area (Å²) in [5, 5.41) is 26.3. The number of amides is 3. The molecule has 2 aromatic rings. The van der Waals surface area contributed by atoms with Crippen LogP contribution in [-0.4, -0.2) is 74.6 Å². The number of phenols is 1. The Labute approximate surface area is 214 Å². The van der Waals surface area contributed by atoms with Crippen LogP contribution in [0.4, 0.5) is 0 Å². The molecule has 13 nitrogen and oxygen atoms in total. The highest BCUT2D eigenvalue weighted by Gasteiger charge is 2.30. The summed E-state index contributed by atoms with van der Waals surface area (Å²) in [5.41, 5.74) is 12.7. The Balaban J connectivity index is 2.22. The van der Waals surface area contributed by atoms with E-state index >= 15 is 0 Å². The lowest BCUT2D eigenvalue weighted by molar-refractivity contribution is -0.141. The molecule has 1 heterocycles. The molecule has 0 aliphatic rings. The largest absolute Gasteiger partial charge is 0.508 e. The summed E-state index contributed by atoms with van der Waals surface area (Å²) in [6.07, 6.45) is 4.68. The summed E-state index contributed by atoms with van der Waals surface area (Å²) in [6, 6.07) is 1.80. The number of phenolic OH excluding ortho intramolecular Hbond substituents is 1. The number of aromatic nitrogens is 2. The molecule has 13 heteroatoms. The molecule has 1 aromatic carbocycles. The van der Waals surface area contributed by atoms with Crippen molar-refractivity contribution in [1.82, 2.24) is 25.9 Å². The van der Waals surface area contributed by atoms with Gasteiger partial charge in [-0.25, -0.2) is 4.98 Å². The highest BCUT2D eigenvalue weighted by atomic mass is 16.4. The molecule has 0 radical (unpaired) electrons. The van der Waals surface area contributed by atoms with Crippen LogP contribution in [0.1, 0.15) is 37.4 Å². The number of aromatic hydroxyl groups is 1. The zero-order valence-corrected chi connectivity index (χ0v) is 20.6. The first-order chi connectivity index (χ1) is 17.6. The van der Waals surface area contributed by atoms with Gasteiger partial charge in [0.1, 0.15) is 23.9 Å². The van der Waals surface area contributed by atoms with Crippen molar-refractivity contribution < 1.29 is 29.4 Å². The van der Waals surface area contributed by atoms with Crippen LogP contribution in [0.15, 0.2) is 36.8 Å². The number of carbonyl (C=O) groups excluding carboxylic acids is 3. The van der Waals surface area contributed by atoms with E-state index in [0.29, 0.717) is 37.1 Å². The second-order valence-electron chi connectivity index (χ2n) is 8.73. The summed E-state index contributed by atoms with van der Waals surface area (Å²) in [6.45, 7) is 1.77. The molecule has 0 aliphatic heterocycles. The highest BCUT2D eigenvalue weighted by molar-refractivity contribution is 5.94. The zero-order valence-electron chi connectivity index (χ0n) is 20.6. The van der Waals surface area contributed by atoms with Crippen molar-refractivity contribution in [1.29, 1.82) is 0 Å². The first-order valence-electron chi connectivity index (χ1n) is 12.0. The number of hydrogen-bond donors (Lipinski definition) is 8. The van der Waals surface area contributed by atoms with Gasteiger partial charge in [0.05, 0.1) is 12.4 Å². The van der Waals surface area contributed by atoms with Gasteiger partial charge < -0.3 is 42.6 Å². The predicted molar refractivity (Wildman–Crippen MR) is 134 cm³/mol. The van der Waals surface area contributed by atoms with Gasteiger partial charge in [0.2, 0.25) is 17.7 Å². The first-order valence-corrected chi connectivity index (χ1v) is 12.0. The van der Waals surface area contributed by atoms with E-state index in [4.69, 9.17) is 16.6 Å². The number of nitrogens with two attached hydrogens (primary N) is 2. The summed E-state index contributed by atoms with van der Waals surface area (Å²) in [4.78, 5) is 56.9. The minimum absolute atomic E-state index is 0.00237. The quantitative estimate of drug-likeness (QED) is 0.134. The maximum atomic E-state index is 13.3. The van der Waals surface area contributed by atoms with Gasteiger partial charge in [-0.2, -0.15) is 0 Å². The fraction of sp³-hybridized carbons (Fsp3) is 0.458. The van der Waals surface area contributed by atoms with E-state index in [1.807, 2.05) is 0 Å². The second-order valence-corrected chi connectivity index (χ2v) is 8.73. The lowest BCUT2D eigenvalue weighted by Crippen LogP contribution is -2.58. The standard InChI is InChI=1S/C24H35N7O6/c1-14(24(36)37)29-22(34)20(11-16-12-27-13-28-16)31-23(35)19(10-15-5-7-17(32)8-6-15)30-21(33)18(26)4-2-3-9-25/h5-8,12-14,18-20,32H,2-4,9-11,25-26H2,1H3,(H,27,28)(H,29,34)(H,30,33)(H,31,35)(H,36,37). The lowest BCUT2D eigenvalue weighted by atomic mass is 10.0. The number of hydrogen-bond acceptors (Lipinski definition) is 8. The summed E-state index contributed by atoms with van der Waals surface area (Å²) >= 11 is 0. The number of carboxylic acids is 1. The van der Waals surface area contributed by atoms with Crippen molar-refractivity contribution in [3.63, 3.8) is 0 Å². The average molecular weight is 518 g/mol. The molecule has 202 valence electrons. The number of H-pyrrole nitrogens is 1. The zero-order chi connectivity index (χ0) is 27.4. The molecule has 0 aliphatic carbocycles. The third-order valence-corrected chi connectivity index (χ3v) is 5.66. The van der Waals surface area contributed by atoms with Gasteiger partial charge in [-0.15, -0.1) is 0 Å². The van der Waals surface area contributed by atoms with E-state index in [1.165, 1.54) is 31.6 Å².